The summed E-state index contributed by atoms with van der Waals surface area (Å²) < 4.78 is 11.0. The van der Waals surface area contributed by atoms with Gasteiger partial charge in [0.2, 0.25) is 5.95 Å². The summed E-state index contributed by atoms with van der Waals surface area (Å²) in [6, 6.07) is 9.20. The van der Waals surface area contributed by atoms with Crippen LogP contribution in [-0.4, -0.2) is 34.1 Å². The minimum absolute atomic E-state index is 0.238. The zero-order valence-electron chi connectivity index (χ0n) is 14.4. The lowest BCUT2D eigenvalue weighted by atomic mass is 10.2. The second kappa shape index (κ2) is 7.69. The number of nitrogens with one attached hydrogen (secondary N) is 2. The number of hydrogen-bond acceptors (Lipinski definition) is 7. The van der Waals surface area contributed by atoms with Crippen molar-refractivity contribution in [3.8, 4) is 11.5 Å². The Balaban J connectivity index is 1.38. The molecule has 8 nitrogen and oxygen atoms in total. The van der Waals surface area contributed by atoms with Gasteiger partial charge in [-0.1, -0.05) is 0 Å². The maximum Gasteiger partial charge on any atom is 0.254 e. The van der Waals surface area contributed by atoms with E-state index in [1.54, 1.807) is 12.4 Å². The van der Waals surface area contributed by atoms with Crippen LogP contribution in [0.4, 0.5) is 11.6 Å². The lowest BCUT2D eigenvalue weighted by molar-refractivity contribution is 0.0950. The molecule has 1 amide bonds. The molecular weight excluding hydrogens is 346 g/mol. The third-order valence-electron chi connectivity index (χ3n) is 3.91. The normalized spacial score (nSPS) is 12.3. The molecule has 0 radical (unpaired) electrons. The van der Waals surface area contributed by atoms with Crippen LogP contribution >= 0.6 is 0 Å². The Morgan fingerprint density at radius 3 is 2.52 bits per heavy atom. The van der Waals surface area contributed by atoms with Crippen molar-refractivity contribution in [2.45, 2.75) is 6.54 Å². The van der Waals surface area contributed by atoms with E-state index in [2.05, 4.69) is 25.6 Å². The van der Waals surface area contributed by atoms with Crippen molar-refractivity contribution in [3.05, 3.63) is 66.2 Å². The van der Waals surface area contributed by atoms with Gasteiger partial charge in [0.05, 0.1) is 5.56 Å². The highest BCUT2D eigenvalue weighted by Crippen LogP contribution is 2.33. The monoisotopic (exact) mass is 363 g/mol. The predicted molar refractivity (Wildman–Crippen MR) is 98.2 cm³/mol. The Kier molecular flexibility index (Phi) is 4.78. The Morgan fingerprint density at radius 1 is 1.00 bits per heavy atom. The largest absolute Gasteiger partial charge is 0.486 e. The second-order valence-corrected chi connectivity index (χ2v) is 5.82. The van der Waals surface area contributed by atoms with Crippen molar-refractivity contribution >= 4 is 17.5 Å². The average Bonchev–Trinajstić information content (AvgIpc) is 2.73. The Bertz CT molecular complexity index is 932. The van der Waals surface area contributed by atoms with Gasteiger partial charge in [-0.3, -0.25) is 9.78 Å². The van der Waals surface area contributed by atoms with E-state index in [1.807, 2.05) is 30.3 Å². The first-order valence-electron chi connectivity index (χ1n) is 8.44. The summed E-state index contributed by atoms with van der Waals surface area (Å²) in [4.78, 5) is 24.5. The fraction of sp³-hybridized carbons (Fsp3) is 0.158. The first-order valence-corrected chi connectivity index (χ1v) is 8.44. The molecule has 27 heavy (non-hydrogen) atoms. The molecule has 0 aliphatic carbocycles. The van der Waals surface area contributed by atoms with Crippen LogP contribution in [0.3, 0.4) is 0 Å². The topological polar surface area (TPSA) is 98.3 Å². The van der Waals surface area contributed by atoms with Crippen LogP contribution in [-0.2, 0) is 6.54 Å². The number of aromatic nitrogens is 3. The molecule has 0 spiro atoms. The average molecular weight is 363 g/mol. The van der Waals surface area contributed by atoms with Gasteiger partial charge in [0.1, 0.15) is 13.2 Å². The van der Waals surface area contributed by atoms with Gasteiger partial charge in [-0.05, 0) is 29.8 Å². The molecule has 0 atom stereocenters. The number of benzene rings is 1. The first kappa shape index (κ1) is 16.8. The number of pyridine rings is 1. The molecule has 2 aromatic heterocycles. The highest BCUT2D eigenvalue weighted by molar-refractivity contribution is 5.93. The lowest BCUT2D eigenvalue weighted by Crippen LogP contribution is -2.23. The number of ether oxygens (including phenoxy) is 2. The molecule has 0 saturated carbocycles. The number of hydrogen-bond donors (Lipinski definition) is 2. The number of carbonyl (C=O) groups is 1. The summed E-state index contributed by atoms with van der Waals surface area (Å²) in [6.07, 6.45) is 6.33. The first-order chi connectivity index (χ1) is 13.3. The fourth-order valence-corrected chi connectivity index (χ4v) is 2.55. The van der Waals surface area contributed by atoms with E-state index in [1.165, 1.54) is 12.4 Å². The highest BCUT2D eigenvalue weighted by Gasteiger charge is 2.12. The highest BCUT2D eigenvalue weighted by atomic mass is 16.6. The van der Waals surface area contributed by atoms with E-state index < -0.39 is 0 Å². The number of nitrogens with zero attached hydrogens (tertiary/aromatic N) is 3. The van der Waals surface area contributed by atoms with Crippen LogP contribution in [0.5, 0.6) is 11.5 Å². The zero-order chi connectivity index (χ0) is 18.5. The van der Waals surface area contributed by atoms with Crippen LogP contribution in [0.2, 0.25) is 0 Å². The SMILES string of the molecule is O=C(NCc1ccncc1)c1cnc(Nc2ccc3c(c2)OCCO3)nc1. The number of fused-ring (bicyclic) bond motifs is 1. The number of carbonyl (C=O) groups excluding carboxylic acids is 1. The summed E-state index contributed by atoms with van der Waals surface area (Å²) >= 11 is 0. The van der Waals surface area contributed by atoms with E-state index >= 15 is 0 Å². The van der Waals surface area contributed by atoms with Crippen molar-refractivity contribution in [1.29, 1.82) is 0 Å². The van der Waals surface area contributed by atoms with E-state index in [0.29, 0.717) is 42.8 Å². The fourth-order valence-electron chi connectivity index (χ4n) is 2.55. The standard InChI is InChI=1S/C19H17N5O3/c25-18(21-10-13-3-5-20-6-4-13)14-11-22-19(23-12-14)24-15-1-2-16-17(9-15)27-8-7-26-16/h1-6,9,11-12H,7-8,10H2,(H,21,25)(H,22,23,24). The summed E-state index contributed by atoms with van der Waals surface area (Å²) in [5, 5.41) is 5.90. The van der Waals surface area contributed by atoms with E-state index in [-0.39, 0.29) is 5.91 Å². The zero-order valence-corrected chi connectivity index (χ0v) is 14.4. The van der Waals surface area contributed by atoms with Crippen molar-refractivity contribution in [3.63, 3.8) is 0 Å². The minimum atomic E-state index is -0.238. The van der Waals surface area contributed by atoms with Crippen molar-refractivity contribution in [1.82, 2.24) is 20.3 Å². The van der Waals surface area contributed by atoms with Gasteiger partial charge in [0.25, 0.3) is 5.91 Å². The van der Waals surface area contributed by atoms with Crippen molar-refractivity contribution in [2.24, 2.45) is 0 Å². The van der Waals surface area contributed by atoms with E-state index in [9.17, 15) is 4.79 Å². The number of amides is 1. The second-order valence-electron chi connectivity index (χ2n) is 5.82. The van der Waals surface area contributed by atoms with Crippen molar-refractivity contribution in [2.75, 3.05) is 18.5 Å². The number of rotatable bonds is 5. The quantitative estimate of drug-likeness (QED) is 0.718. The summed E-state index contributed by atoms with van der Waals surface area (Å²) in [5.74, 6) is 1.54. The third kappa shape index (κ3) is 4.12. The third-order valence-corrected chi connectivity index (χ3v) is 3.91. The minimum Gasteiger partial charge on any atom is -0.486 e. The molecule has 4 rings (SSSR count). The molecule has 8 heteroatoms. The van der Waals surface area contributed by atoms with Gasteiger partial charge in [-0.2, -0.15) is 0 Å². The smallest absolute Gasteiger partial charge is 0.254 e. The summed E-state index contributed by atoms with van der Waals surface area (Å²) in [7, 11) is 0. The lowest BCUT2D eigenvalue weighted by Gasteiger charge is -2.18. The van der Waals surface area contributed by atoms with Crippen LogP contribution in [0.25, 0.3) is 0 Å². The molecule has 1 aromatic carbocycles. The molecule has 0 saturated heterocycles. The van der Waals surface area contributed by atoms with Crippen LogP contribution in [0, 0.1) is 0 Å². The van der Waals surface area contributed by atoms with Gasteiger partial charge in [0.15, 0.2) is 11.5 Å². The molecule has 1 aliphatic rings. The van der Waals surface area contributed by atoms with Gasteiger partial charge < -0.3 is 20.1 Å². The van der Waals surface area contributed by atoms with Crippen LogP contribution < -0.4 is 20.1 Å². The Hall–Kier alpha value is -3.68. The molecule has 136 valence electrons. The number of anilines is 2. The Labute approximate surface area is 155 Å². The van der Waals surface area contributed by atoms with E-state index in [0.717, 1.165) is 11.3 Å². The molecule has 2 N–H and O–H groups in total. The van der Waals surface area contributed by atoms with Gasteiger partial charge >= 0.3 is 0 Å². The maximum absolute atomic E-state index is 12.2. The summed E-state index contributed by atoms with van der Waals surface area (Å²) in [5.41, 5.74) is 2.13. The van der Waals surface area contributed by atoms with E-state index in [4.69, 9.17) is 9.47 Å². The molecule has 1 aliphatic heterocycles. The molecule has 3 heterocycles. The van der Waals surface area contributed by atoms with Crippen molar-refractivity contribution < 1.29 is 14.3 Å². The summed E-state index contributed by atoms with van der Waals surface area (Å²) in [6.45, 7) is 1.49. The van der Waals surface area contributed by atoms with Gasteiger partial charge in [-0.25, -0.2) is 9.97 Å². The Morgan fingerprint density at radius 2 is 1.74 bits per heavy atom. The molecule has 0 bridgehead atoms. The molecule has 3 aromatic rings. The van der Waals surface area contributed by atoms with Gasteiger partial charge in [-0.15, -0.1) is 0 Å². The molecule has 0 unspecified atom stereocenters. The van der Waals surface area contributed by atoms with Gasteiger partial charge in [0, 0.05) is 43.1 Å². The van der Waals surface area contributed by atoms with Crippen LogP contribution in [0.15, 0.2) is 55.1 Å². The maximum atomic E-state index is 12.2. The predicted octanol–water partition coefficient (Wildman–Crippen LogP) is 2.32. The molecular formula is C19H17N5O3. The molecule has 0 fully saturated rings. The van der Waals surface area contributed by atoms with Crippen LogP contribution in [0.1, 0.15) is 15.9 Å².